The summed E-state index contributed by atoms with van der Waals surface area (Å²) in [7, 11) is 2.87. The number of amidine groups is 1. The quantitative estimate of drug-likeness (QED) is 0.279. The van der Waals surface area contributed by atoms with Crippen LogP contribution in [0.4, 0.5) is 0 Å². The van der Waals surface area contributed by atoms with E-state index in [0.717, 1.165) is 10.9 Å². The SMILES string of the molecule is COC(=O)C1=CC(/C(N=Cc2[nH]c3cc(OC)ccc3c2C#N)=N/O)CC=C1. The lowest BCUT2D eigenvalue weighted by Gasteiger charge is -2.14. The lowest BCUT2D eigenvalue weighted by Crippen LogP contribution is -2.15. The van der Waals surface area contributed by atoms with Crippen molar-refractivity contribution < 1.29 is 19.5 Å². The van der Waals surface area contributed by atoms with Crippen LogP contribution in [0.1, 0.15) is 17.7 Å². The number of fused-ring (bicyclic) bond motifs is 1. The molecule has 3 rings (SSSR count). The molecule has 1 heterocycles. The monoisotopic (exact) mass is 378 g/mol. The van der Waals surface area contributed by atoms with Gasteiger partial charge >= 0.3 is 5.97 Å². The van der Waals surface area contributed by atoms with Gasteiger partial charge < -0.3 is 19.7 Å². The topological polar surface area (TPSA) is 120 Å². The van der Waals surface area contributed by atoms with Crippen molar-refractivity contribution in [3.63, 3.8) is 0 Å². The van der Waals surface area contributed by atoms with Crippen molar-refractivity contribution >= 4 is 28.9 Å². The summed E-state index contributed by atoms with van der Waals surface area (Å²) in [5, 5.41) is 22.9. The first kappa shape index (κ1) is 18.9. The zero-order valence-electron chi connectivity index (χ0n) is 15.3. The Hall–Kier alpha value is -3.86. The van der Waals surface area contributed by atoms with Gasteiger partial charge in [-0.1, -0.05) is 23.4 Å². The number of H-pyrrole nitrogens is 1. The molecule has 2 aromatic rings. The highest BCUT2D eigenvalue weighted by Crippen LogP contribution is 2.25. The van der Waals surface area contributed by atoms with E-state index in [-0.39, 0.29) is 5.84 Å². The third-order valence-electron chi connectivity index (χ3n) is 4.40. The number of carbonyl (C=O) groups is 1. The van der Waals surface area contributed by atoms with E-state index in [1.54, 1.807) is 43.5 Å². The number of hydrogen-bond donors (Lipinski definition) is 2. The zero-order chi connectivity index (χ0) is 20.1. The van der Waals surface area contributed by atoms with Gasteiger partial charge in [0.25, 0.3) is 0 Å². The summed E-state index contributed by atoms with van der Waals surface area (Å²) in [6.45, 7) is 0. The number of benzene rings is 1. The fourth-order valence-corrected chi connectivity index (χ4v) is 2.98. The molecular formula is C20H18N4O4. The van der Waals surface area contributed by atoms with Crippen LogP contribution >= 0.6 is 0 Å². The van der Waals surface area contributed by atoms with Crippen molar-refractivity contribution in [3.8, 4) is 11.8 Å². The summed E-state index contributed by atoms with van der Waals surface area (Å²) in [5.41, 5.74) is 2.00. The highest BCUT2D eigenvalue weighted by atomic mass is 16.5. The average molecular weight is 378 g/mol. The van der Waals surface area contributed by atoms with Gasteiger partial charge in [-0.05, 0) is 18.6 Å². The van der Waals surface area contributed by atoms with E-state index in [0.29, 0.717) is 29.0 Å². The fraction of sp³-hybridized carbons (Fsp3) is 0.200. The normalized spacial score (nSPS) is 16.8. The minimum Gasteiger partial charge on any atom is -0.497 e. The molecule has 8 nitrogen and oxygen atoms in total. The molecule has 0 radical (unpaired) electrons. The number of allylic oxidation sites excluding steroid dienone is 1. The van der Waals surface area contributed by atoms with Crippen LogP contribution < -0.4 is 4.74 Å². The number of oxime groups is 1. The fourth-order valence-electron chi connectivity index (χ4n) is 2.98. The largest absolute Gasteiger partial charge is 0.497 e. The third kappa shape index (κ3) is 3.64. The number of nitrogens with one attached hydrogen (secondary N) is 1. The van der Waals surface area contributed by atoms with Gasteiger partial charge in [0, 0.05) is 17.4 Å². The minimum atomic E-state index is -0.474. The Kier molecular flexibility index (Phi) is 5.56. The molecule has 1 atom stereocenters. The molecule has 0 amide bonds. The molecule has 1 aromatic carbocycles. The van der Waals surface area contributed by atoms with Crippen LogP contribution in [-0.2, 0) is 9.53 Å². The number of nitriles is 1. The summed E-state index contributed by atoms with van der Waals surface area (Å²) in [5.74, 6) is -0.0893. The average Bonchev–Trinajstić information content (AvgIpc) is 3.10. The van der Waals surface area contributed by atoms with Crippen molar-refractivity contribution in [2.75, 3.05) is 14.2 Å². The smallest absolute Gasteiger partial charge is 0.337 e. The van der Waals surface area contributed by atoms with E-state index in [2.05, 4.69) is 21.2 Å². The molecule has 1 aromatic heterocycles. The van der Waals surface area contributed by atoms with Gasteiger partial charge in [-0.15, -0.1) is 0 Å². The number of methoxy groups -OCH3 is 2. The first-order chi connectivity index (χ1) is 13.6. The van der Waals surface area contributed by atoms with E-state index < -0.39 is 11.9 Å². The summed E-state index contributed by atoms with van der Waals surface area (Å²) in [6.07, 6.45) is 7.03. The molecule has 1 aliphatic rings. The van der Waals surface area contributed by atoms with Crippen molar-refractivity contribution in [2.24, 2.45) is 16.1 Å². The summed E-state index contributed by atoms with van der Waals surface area (Å²) in [6, 6.07) is 7.50. The highest BCUT2D eigenvalue weighted by molar-refractivity contribution is 6.02. The number of aromatic amines is 1. The van der Waals surface area contributed by atoms with Gasteiger partial charge in [0.05, 0.1) is 42.8 Å². The number of carbonyl (C=O) groups excluding carboxylic acids is 1. The van der Waals surface area contributed by atoms with E-state index >= 15 is 0 Å². The van der Waals surface area contributed by atoms with Crippen LogP contribution in [0.25, 0.3) is 10.9 Å². The maximum absolute atomic E-state index is 11.7. The Morgan fingerprint density at radius 1 is 1.43 bits per heavy atom. The summed E-state index contributed by atoms with van der Waals surface area (Å²) in [4.78, 5) is 19.1. The molecule has 0 fully saturated rings. The molecular weight excluding hydrogens is 360 g/mol. The molecule has 1 unspecified atom stereocenters. The predicted octanol–water partition coefficient (Wildman–Crippen LogP) is 2.93. The standard InChI is InChI=1S/C20H18N4O4/c1-27-14-6-7-15-16(10-21)18(23-17(15)9-14)11-22-19(24-26)12-4-3-5-13(8-12)20(25)28-2/h3,5-9,11-12,23,26H,4H2,1-2H3/b22-11?,24-19-. The molecule has 8 heteroatoms. The van der Waals surface area contributed by atoms with Gasteiger partial charge in [-0.3, -0.25) is 0 Å². The van der Waals surface area contributed by atoms with Gasteiger partial charge in [-0.25, -0.2) is 9.79 Å². The Morgan fingerprint density at radius 3 is 2.93 bits per heavy atom. The second kappa shape index (κ2) is 8.22. The second-order valence-electron chi connectivity index (χ2n) is 6.01. The Morgan fingerprint density at radius 2 is 2.25 bits per heavy atom. The van der Waals surface area contributed by atoms with Crippen molar-refractivity contribution in [1.82, 2.24) is 4.98 Å². The molecule has 1 aliphatic carbocycles. The number of ether oxygens (including phenoxy) is 2. The van der Waals surface area contributed by atoms with E-state index in [4.69, 9.17) is 9.47 Å². The maximum atomic E-state index is 11.7. The molecule has 28 heavy (non-hydrogen) atoms. The first-order valence-electron chi connectivity index (χ1n) is 8.43. The van der Waals surface area contributed by atoms with Crippen LogP contribution in [0.15, 0.2) is 52.1 Å². The van der Waals surface area contributed by atoms with E-state index in [9.17, 15) is 15.3 Å². The molecule has 0 saturated heterocycles. The lowest BCUT2D eigenvalue weighted by molar-refractivity contribution is -0.135. The molecule has 2 N–H and O–H groups in total. The van der Waals surface area contributed by atoms with Gasteiger partial charge in [0.1, 0.15) is 11.8 Å². The number of aromatic nitrogens is 1. The lowest BCUT2D eigenvalue weighted by atomic mass is 9.95. The van der Waals surface area contributed by atoms with Crippen molar-refractivity contribution in [1.29, 1.82) is 5.26 Å². The van der Waals surface area contributed by atoms with Crippen LogP contribution in [0.5, 0.6) is 5.75 Å². The number of esters is 1. The Labute approximate surface area is 161 Å². The van der Waals surface area contributed by atoms with Crippen LogP contribution in [0.3, 0.4) is 0 Å². The van der Waals surface area contributed by atoms with Crippen molar-refractivity contribution in [2.45, 2.75) is 6.42 Å². The predicted molar refractivity (Wildman–Crippen MR) is 104 cm³/mol. The Balaban J connectivity index is 1.92. The van der Waals surface area contributed by atoms with Crippen molar-refractivity contribution in [3.05, 3.63) is 53.3 Å². The molecule has 0 spiro atoms. The van der Waals surface area contributed by atoms with Gasteiger partial charge in [0.2, 0.25) is 0 Å². The number of rotatable bonds is 4. The van der Waals surface area contributed by atoms with Gasteiger partial charge in [0.15, 0.2) is 5.84 Å². The number of hydrogen-bond acceptors (Lipinski definition) is 6. The minimum absolute atomic E-state index is 0.117. The molecule has 0 aliphatic heterocycles. The van der Waals surface area contributed by atoms with Crippen LogP contribution in [-0.4, -0.2) is 42.4 Å². The van der Waals surface area contributed by atoms with Crippen LogP contribution in [0.2, 0.25) is 0 Å². The number of aliphatic imine (C=N–C) groups is 1. The maximum Gasteiger partial charge on any atom is 0.337 e. The zero-order valence-corrected chi connectivity index (χ0v) is 15.3. The van der Waals surface area contributed by atoms with Crippen LogP contribution in [0, 0.1) is 17.2 Å². The van der Waals surface area contributed by atoms with E-state index in [1.165, 1.54) is 13.3 Å². The number of nitrogens with zero attached hydrogens (tertiary/aromatic N) is 3. The molecule has 0 saturated carbocycles. The van der Waals surface area contributed by atoms with Gasteiger partial charge in [-0.2, -0.15) is 5.26 Å². The second-order valence-corrected chi connectivity index (χ2v) is 6.01. The highest BCUT2D eigenvalue weighted by Gasteiger charge is 2.20. The third-order valence-corrected chi connectivity index (χ3v) is 4.40. The van der Waals surface area contributed by atoms with E-state index in [1.807, 2.05) is 0 Å². The molecule has 0 bridgehead atoms. The Bertz CT molecular complexity index is 1070. The first-order valence-corrected chi connectivity index (χ1v) is 8.43. The summed E-state index contributed by atoms with van der Waals surface area (Å²) >= 11 is 0. The molecule has 142 valence electrons. The summed E-state index contributed by atoms with van der Waals surface area (Å²) < 4.78 is 9.91.